The standard InChI is InChI=1S/C34H32N4O5S/c1-35-22-7-5-21(6-8-22)32-36-27-13-11-24(18-29(27)44-32)43-23-9-2-19(3-10-23)16-20-4-12-25-26(17-20)34(42)38(33(25)41)28-14-15-30(39)37-31(28)40/h4-8,11-13,17-19,23,28,35H,2-3,9-10,14-16H2,1H3,(H,37,39,40). The van der Waals surface area contributed by atoms with Crippen molar-refractivity contribution in [3.8, 4) is 16.3 Å². The van der Waals surface area contributed by atoms with E-state index in [1.54, 1.807) is 23.5 Å². The Hall–Kier alpha value is -4.57. The Bertz CT molecular complexity index is 1790. The smallest absolute Gasteiger partial charge is 0.262 e. The highest BCUT2D eigenvalue weighted by Crippen LogP contribution is 2.36. The van der Waals surface area contributed by atoms with Crippen LogP contribution in [0.2, 0.25) is 0 Å². The molecular weight excluding hydrogens is 576 g/mol. The predicted molar refractivity (Wildman–Crippen MR) is 168 cm³/mol. The summed E-state index contributed by atoms with van der Waals surface area (Å²) in [5.74, 6) is -0.597. The van der Waals surface area contributed by atoms with Crippen LogP contribution in [0.5, 0.6) is 5.75 Å². The van der Waals surface area contributed by atoms with Gasteiger partial charge in [0.15, 0.2) is 0 Å². The number of imide groups is 2. The Balaban J connectivity index is 0.957. The second-order valence-electron chi connectivity index (χ2n) is 11.8. The number of nitrogens with zero attached hydrogens (tertiary/aromatic N) is 2. The van der Waals surface area contributed by atoms with E-state index in [4.69, 9.17) is 9.72 Å². The molecule has 9 nitrogen and oxygen atoms in total. The van der Waals surface area contributed by atoms with Crippen LogP contribution < -0.4 is 15.4 Å². The van der Waals surface area contributed by atoms with Crippen molar-refractivity contribution in [3.63, 3.8) is 0 Å². The van der Waals surface area contributed by atoms with E-state index in [2.05, 4.69) is 41.0 Å². The highest BCUT2D eigenvalue weighted by molar-refractivity contribution is 7.21. The van der Waals surface area contributed by atoms with E-state index in [0.29, 0.717) is 17.0 Å². The first-order valence-electron chi connectivity index (χ1n) is 15.1. The molecule has 1 unspecified atom stereocenters. The van der Waals surface area contributed by atoms with Crippen LogP contribution >= 0.6 is 11.3 Å². The largest absolute Gasteiger partial charge is 0.490 e. The fourth-order valence-electron chi connectivity index (χ4n) is 6.51. The van der Waals surface area contributed by atoms with Crippen LogP contribution in [0.25, 0.3) is 20.8 Å². The molecule has 0 spiro atoms. The van der Waals surface area contributed by atoms with Gasteiger partial charge in [0, 0.05) is 24.7 Å². The van der Waals surface area contributed by atoms with E-state index in [9.17, 15) is 19.2 Å². The van der Waals surface area contributed by atoms with Gasteiger partial charge < -0.3 is 10.1 Å². The van der Waals surface area contributed by atoms with Crippen molar-refractivity contribution >= 4 is 50.9 Å². The number of benzene rings is 3. The van der Waals surface area contributed by atoms with Crippen LogP contribution in [-0.2, 0) is 16.0 Å². The van der Waals surface area contributed by atoms with Gasteiger partial charge in [0.05, 0.1) is 27.4 Å². The van der Waals surface area contributed by atoms with Crippen molar-refractivity contribution in [2.24, 2.45) is 5.92 Å². The van der Waals surface area contributed by atoms with Crippen molar-refractivity contribution in [2.45, 2.75) is 57.1 Å². The molecule has 1 aromatic heterocycles. The first kappa shape index (κ1) is 28.2. The monoisotopic (exact) mass is 608 g/mol. The lowest BCUT2D eigenvalue weighted by molar-refractivity contribution is -0.136. The number of carbonyl (C=O) groups is 4. The summed E-state index contributed by atoms with van der Waals surface area (Å²) in [5, 5.41) is 6.37. The molecule has 2 aliphatic heterocycles. The number of rotatable bonds is 7. The first-order chi connectivity index (χ1) is 21.4. The summed E-state index contributed by atoms with van der Waals surface area (Å²) in [6.45, 7) is 0. The molecule has 1 aliphatic carbocycles. The third kappa shape index (κ3) is 5.34. The summed E-state index contributed by atoms with van der Waals surface area (Å²) < 4.78 is 7.51. The van der Waals surface area contributed by atoms with Gasteiger partial charge in [-0.15, -0.1) is 11.3 Å². The van der Waals surface area contributed by atoms with E-state index in [0.717, 1.165) is 74.8 Å². The van der Waals surface area contributed by atoms with Gasteiger partial charge in [-0.3, -0.25) is 29.4 Å². The highest BCUT2D eigenvalue weighted by Gasteiger charge is 2.44. The molecule has 2 N–H and O–H groups in total. The number of anilines is 1. The highest BCUT2D eigenvalue weighted by atomic mass is 32.1. The van der Waals surface area contributed by atoms with Crippen LogP contribution in [0.1, 0.15) is 64.8 Å². The zero-order chi connectivity index (χ0) is 30.4. The molecule has 10 heteroatoms. The predicted octanol–water partition coefficient (Wildman–Crippen LogP) is 5.59. The molecule has 1 saturated heterocycles. The molecule has 4 aromatic rings. The van der Waals surface area contributed by atoms with E-state index >= 15 is 0 Å². The molecule has 3 aromatic carbocycles. The number of aromatic nitrogens is 1. The second kappa shape index (κ2) is 11.5. The zero-order valence-corrected chi connectivity index (χ0v) is 25.1. The molecule has 3 heterocycles. The Labute approximate surface area is 258 Å². The van der Waals surface area contributed by atoms with Crippen molar-refractivity contribution in [2.75, 3.05) is 12.4 Å². The van der Waals surface area contributed by atoms with Gasteiger partial charge in [-0.1, -0.05) is 6.07 Å². The summed E-state index contributed by atoms with van der Waals surface area (Å²) in [6.07, 6.45) is 5.11. The SMILES string of the molecule is CNc1ccc(-c2nc3ccc(OC4CCC(Cc5ccc6c(c5)C(=O)N(C5CCC(=O)NC5=O)C6=O)CC4)cc3s2)cc1. The number of piperidine rings is 1. The van der Waals surface area contributed by atoms with Crippen LogP contribution in [-0.4, -0.2) is 52.7 Å². The van der Waals surface area contributed by atoms with Crippen molar-refractivity contribution in [1.82, 2.24) is 15.2 Å². The van der Waals surface area contributed by atoms with Gasteiger partial charge in [0.1, 0.15) is 16.8 Å². The molecule has 1 saturated carbocycles. The topological polar surface area (TPSA) is 118 Å². The average Bonchev–Trinajstić information content (AvgIpc) is 3.56. The number of ether oxygens (including phenoxy) is 1. The maximum atomic E-state index is 13.2. The lowest BCUT2D eigenvalue weighted by Crippen LogP contribution is -2.54. The molecule has 0 radical (unpaired) electrons. The fraction of sp³-hybridized carbons (Fsp3) is 0.324. The lowest BCUT2D eigenvalue weighted by atomic mass is 9.83. The molecule has 224 valence electrons. The third-order valence-corrected chi connectivity index (χ3v) is 9.97. The van der Waals surface area contributed by atoms with Crippen molar-refractivity contribution < 1.29 is 23.9 Å². The molecule has 2 fully saturated rings. The zero-order valence-electron chi connectivity index (χ0n) is 24.3. The van der Waals surface area contributed by atoms with Gasteiger partial charge in [-0.05, 0) is 105 Å². The number of amides is 4. The second-order valence-corrected chi connectivity index (χ2v) is 12.8. The van der Waals surface area contributed by atoms with Gasteiger partial charge in [0.25, 0.3) is 11.8 Å². The van der Waals surface area contributed by atoms with Gasteiger partial charge in [0.2, 0.25) is 11.8 Å². The number of fused-ring (bicyclic) bond motifs is 2. The summed E-state index contributed by atoms with van der Waals surface area (Å²) >= 11 is 1.67. The fourth-order valence-corrected chi connectivity index (χ4v) is 7.51. The Morgan fingerprint density at radius 2 is 1.68 bits per heavy atom. The van der Waals surface area contributed by atoms with Crippen LogP contribution in [0, 0.1) is 5.92 Å². The Morgan fingerprint density at radius 1 is 0.909 bits per heavy atom. The first-order valence-corrected chi connectivity index (χ1v) is 15.9. The normalized spacial score (nSPS) is 21.8. The van der Waals surface area contributed by atoms with Crippen molar-refractivity contribution in [1.29, 1.82) is 0 Å². The van der Waals surface area contributed by atoms with Gasteiger partial charge >= 0.3 is 0 Å². The minimum absolute atomic E-state index is 0.106. The summed E-state index contributed by atoms with van der Waals surface area (Å²) in [7, 11) is 1.91. The van der Waals surface area contributed by atoms with Crippen molar-refractivity contribution in [3.05, 3.63) is 77.4 Å². The van der Waals surface area contributed by atoms with E-state index in [1.165, 1.54) is 0 Å². The Morgan fingerprint density at radius 3 is 2.43 bits per heavy atom. The lowest BCUT2D eigenvalue weighted by Gasteiger charge is -2.29. The van der Waals surface area contributed by atoms with Crippen LogP contribution in [0.3, 0.4) is 0 Å². The quantitative estimate of drug-likeness (QED) is 0.263. The van der Waals surface area contributed by atoms with E-state index < -0.39 is 23.8 Å². The summed E-state index contributed by atoms with van der Waals surface area (Å²) in [5.41, 5.74) is 4.79. The van der Waals surface area contributed by atoms with E-state index in [1.807, 2.05) is 25.2 Å². The molecule has 7 rings (SSSR count). The number of hydrogen-bond acceptors (Lipinski definition) is 8. The molecule has 1 atom stereocenters. The van der Waals surface area contributed by atoms with Crippen LogP contribution in [0.4, 0.5) is 5.69 Å². The Kier molecular flexibility index (Phi) is 7.37. The maximum absolute atomic E-state index is 13.2. The number of hydrogen-bond donors (Lipinski definition) is 2. The third-order valence-electron chi connectivity index (χ3n) is 8.91. The minimum Gasteiger partial charge on any atom is -0.490 e. The molecule has 4 amide bonds. The number of carbonyl (C=O) groups excluding carboxylic acids is 4. The summed E-state index contributed by atoms with van der Waals surface area (Å²) in [4.78, 5) is 55.9. The molecular formula is C34H32N4O5S. The summed E-state index contributed by atoms with van der Waals surface area (Å²) in [6, 6.07) is 18.8. The maximum Gasteiger partial charge on any atom is 0.262 e. The van der Waals surface area contributed by atoms with Gasteiger partial charge in [-0.25, -0.2) is 4.98 Å². The minimum atomic E-state index is -0.951. The van der Waals surface area contributed by atoms with E-state index in [-0.39, 0.29) is 24.9 Å². The molecule has 0 bridgehead atoms. The average molecular weight is 609 g/mol. The number of nitrogens with one attached hydrogen (secondary N) is 2. The van der Waals surface area contributed by atoms with Gasteiger partial charge in [-0.2, -0.15) is 0 Å². The van der Waals surface area contributed by atoms with Crippen LogP contribution in [0.15, 0.2) is 60.7 Å². The molecule has 44 heavy (non-hydrogen) atoms. The number of thiazole rings is 1. The molecule has 3 aliphatic rings.